The molecule has 1 aromatic heterocycles. The second-order valence-corrected chi connectivity index (χ2v) is 6.92. The third-order valence-electron chi connectivity index (χ3n) is 4.88. The summed E-state index contributed by atoms with van der Waals surface area (Å²) in [6, 6.07) is 5.59. The number of carbonyl (C=O) groups excluding carboxylic acids is 2. The molecule has 1 atom stereocenters. The molecule has 2 aromatic rings. The lowest BCUT2D eigenvalue weighted by molar-refractivity contribution is -0.384. The van der Waals surface area contributed by atoms with Crippen LogP contribution in [0.4, 0.5) is 5.69 Å². The average molecular weight is 416 g/mol. The molecular weight excluding hydrogens is 396 g/mol. The third kappa shape index (κ3) is 4.31. The van der Waals surface area contributed by atoms with Crippen LogP contribution in [0.1, 0.15) is 12.8 Å². The predicted octanol–water partition coefficient (Wildman–Crippen LogP) is -0.272. The first-order valence-corrected chi connectivity index (χ1v) is 9.24. The average Bonchev–Trinajstić information content (AvgIpc) is 3.29. The van der Waals surface area contributed by atoms with Crippen LogP contribution in [0.5, 0.6) is 0 Å². The smallest absolute Gasteiger partial charge is 0.330 e. The molecule has 2 amide bonds. The van der Waals surface area contributed by atoms with Crippen molar-refractivity contribution in [3.63, 3.8) is 0 Å². The van der Waals surface area contributed by atoms with Gasteiger partial charge in [-0.25, -0.2) is 4.79 Å². The van der Waals surface area contributed by atoms with Crippen LogP contribution >= 0.6 is 0 Å². The lowest BCUT2D eigenvalue weighted by atomic mass is 10.2. The first-order valence-electron chi connectivity index (χ1n) is 9.24. The zero-order chi connectivity index (χ0) is 21.8. The number of nitro benzene ring substituents is 1. The number of primary amides is 1. The Morgan fingerprint density at radius 2 is 2.13 bits per heavy atom. The summed E-state index contributed by atoms with van der Waals surface area (Å²) in [5.41, 5.74) is 4.80. The van der Waals surface area contributed by atoms with Crippen molar-refractivity contribution in [2.75, 3.05) is 19.7 Å². The van der Waals surface area contributed by atoms with Crippen LogP contribution in [0.25, 0.3) is 11.0 Å². The van der Waals surface area contributed by atoms with Gasteiger partial charge in [-0.3, -0.25) is 28.8 Å². The molecule has 1 aliphatic rings. The highest BCUT2D eigenvalue weighted by molar-refractivity contribution is 5.85. The van der Waals surface area contributed by atoms with E-state index >= 15 is 0 Å². The van der Waals surface area contributed by atoms with E-state index in [9.17, 15) is 24.5 Å². The van der Waals surface area contributed by atoms with Crippen LogP contribution in [0.15, 0.2) is 23.0 Å². The van der Waals surface area contributed by atoms with Gasteiger partial charge in [0.1, 0.15) is 13.1 Å². The van der Waals surface area contributed by atoms with Gasteiger partial charge >= 0.3 is 5.69 Å². The molecule has 30 heavy (non-hydrogen) atoms. The molecule has 12 heteroatoms. The van der Waals surface area contributed by atoms with E-state index in [2.05, 4.69) is 0 Å². The number of nitriles is 1. The fourth-order valence-electron chi connectivity index (χ4n) is 3.51. The van der Waals surface area contributed by atoms with E-state index in [4.69, 9.17) is 15.7 Å². The van der Waals surface area contributed by atoms with Crippen molar-refractivity contribution in [2.24, 2.45) is 5.73 Å². The number of amides is 2. The van der Waals surface area contributed by atoms with Crippen molar-refractivity contribution < 1.29 is 19.2 Å². The normalized spacial score (nSPS) is 15.8. The van der Waals surface area contributed by atoms with Gasteiger partial charge in [0, 0.05) is 25.3 Å². The maximum Gasteiger partial charge on any atom is 0.330 e. The van der Waals surface area contributed by atoms with Gasteiger partial charge in [0.15, 0.2) is 0 Å². The summed E-state index contributed by atoms with van der Waals surface area (Å²) in [6.45, 7) is -0.331. The quantitative estimate of drug-likeness (QED) is 0.456. The number of nitrogens with zero attached hydrogens (tertiary/aromatic N) is 5. The summed E-state index contributed by atoms with van der Waals surface area (Å²) in [7, 11) is 0. The molecule has 0 saturated carbocycles. The fraction of sp³-hybridized carbons (Fsp3) is 0.444. The monoisotopic (exact) mass is 416 g/mol. The van der Waals surface area contributed by atoms with E-state index in [1.54, 1.807) is 0 Å². The van der Waals surface area contributed by atoms with Crippen molar-refractivity contribution >= 4 is 28.5 Å². The van der Waals surface area contributed by atoms with Crippen molar-refractivity contribution in [1.29, 1.82) is 5.26 Å². The van der Waals surface area contributed by atoms with Crippen LogP contribution in [0, 0.1) is 21.4 Å². The lowest BCUT2D eigenvalue weighted by Crippen LogP contribution is -2.45. The number of rotatable bonds is 8. The number of nitrogens with two attached hydrogens (primary N) is 1. The first-order chi connectivity index (χ1) is 14.3. The van der Waals surface area contributed by atoms with E-state index < -0.39 is 29.0 Å². The van der Waals surface area contributed by atoms with Gasteiger partial charge in [-0.1, -0.05) is 0 Å². The molecule has 158 valence electrons. The van der Waals surface area contributed by atoms with Crippen molar-refractivity contribution in [3.05, 3.63) is 38.8 Å². The van der Waals surface area contributed by atoms with Crippen molar-refractivity contribution in [3.8, 4) is 6.07 Å². The number of ether oxygens (including phenoxy) is 1. The summed E-state index contributed by atoms with van der Waals surface area (Å²) in [5, 5.41) is 20.1. The molecule has 0 radical (unpaired) electrons. The highest BCUT2D eigenvalue weighted by Gasteiger charge is 2.26. The van der Waals surface area contributed by atoms with E-state index in [0.29, 0.717) is 6.61 Å². The summed E-state index contributed by atoms with van der Waals surface area (Å²) in [6.07, 6.45) is 1.38. The van der Waals surface area contributed by atoms with Crippen LogP contribution in [-0.2, 0) is 27.4 Å². The molecule has 1 saturated heterocycles. The zero-order valence-electron chi connectivity index (χ0n) is 16.0. The zero-order valence-corrected chi connectivity index (χ0v) is 16.0. The molecule has 2 N–H and O–H groups in total. The van der Waals surface area contributed by atoms with Crippen LogP contribution in [0.2, 0.25) is 0 Å². The number of benzene rings is 1. The lowest BCUT2D eigenvalue weighted by Gasteiger charge is -2.24. The maximum absolute atomic E-state index is 12.9. The summed E-state index contributed by atoms with van der Waals surface area (Å²) >= 11 is 0. The van der Waals surface area contributed by atoms with Crippen LogP contribution < -0.4 is 11.4 Å². The number of fused-ring (bicyclic) bond motifs is 1. The Balaban J connectivity index is 1.96. The number of hydrogen-bond acceptors (Lipinski definition) is 7. The van der Waals surface area contributed by atoms with E-state index in [1.165, 1.54) is 23.1 Å². The molecule has 0 spiro atoms. The minimum Gasteiger partial charge on any atom is -0.376 e. The first kappa shape index (κ1) is 21.0. The van der Waals surface area contributed by atoms with Crippen LogP contribution in [0.3, 0.4) is 0 Å². The van der Waals surface area contributed by atoms with Gasteiger partial charge in [-0.05, 0) is 18.9 Å². The molecule has 1 aromatic carbocycles. The highest BCUT2D eigenvalue weighted by Crippen LogP contribution is 2.21. The Morgan fingerprint density at radius 3 is 2.73 bits per heavy atom. The number of aromatic nitrogens is 2. The highest BCUT2D eigenvalue weighted by atomic mass is 16.6. The fourth-order valence-corrected chi connectivity index (χ4v) is 3.51. The molecule has 1 aliphatic heterocycles. The van der Waals surface area contributed by atoms with Gasteiger partial charge in [-0.15, -0.1) is 0 Å². The van der Waals surface area contributed by atoms with Crippen LogP contribution in [-0.4, -0.2) is 56.6 Å². The Kier molecular flexibility index (Phi) is 6.12. The van der Waals surface area contributed by atoms with Gasteiger partial charge < -0.3 is 15.4 Å². The third-order valence-corrected chi connectivity index (χ3v) is 4.88. The summed E-state index contributed by atoms with van der Waals surface area (Å²) in [4.78, 5) is 48.8. The standard InChI is InChI=1S/C18H20N6O6/c19-5-6-22-15-8-12(24(28)29)3-4-14(15)23(18(22)27)11-17(26)21(10-16(20)25)9-13-2-1-7-30-13/h3-4,8,13H,1-2,6-7,9-11H2,(H2,20,25). The molecule has 0 bridgehead atoms. The number of carbonyl (C=O) groups is 2. The predicted molar refractivity (Wildman–Crippen MR) is 103 cm³/mol. The molecule has 3 rings (SSSR count). The molecule has 12 nitrogen and oxygen atoms in total. The van der Waals surface area contributed by atoms with Crippen molar-refractivity contribution in [2.45, 2.75) is 32.0 Å². The number of nitro groups is 1. The second-order valence-electron chi connectivity index (χ2n) is 6.92. The molecule has 2 heterocycles. The van der Waals surface area contributed by atoms with E-state index in [-0.39, 0.29) is 42.5 Å². The number of hydrogen-bond donors (Lipinski definition) is 1. The number of imidazole rings is 1. The Hall–Kier alpha value is -3.72. The Labute approximate surface area is 170 Å². The molecular formula is C18H20N6O6. The topological polar surface area (TPSA) is 166 Å². The number of non-ortho nitro benzene ring substituents is 1. The summed E-state index contributed by atoms with van der Waals surface area (Å²) in [5.74, 6) is -1.23. The van der Waals surface area contributed by atoms with Gasteiger partial charge in [0.05, 0.1) is 34.7 Å². The van der Waals surface area contributed by atoms with E-state index in [1.807, 2.05) is 6.07 Å². The SMILES string of the molecule is N#CCn1c(=O)n(CC(=O)N(CC(N)=O)CC2CCCO2)c2ccc([N+](=O)[O-])cc21. The minimum atomic E-state index is -0.698. The largest absolute Gasteiger partial charge is 0.376 e. The van der Waals surface area contributed by atoms with Gasteiger partial charge in [0.2, 0.25) is 11.8 Å². The van der Waals surface area contributed by atoms with Gasteiger partial charge in [-0.2, -0.15) is 5.26 Å². The maximum atomic E-state index is 12.9. The van der Waals surface area contributed by atoms with Crippen molar-refractivity contribution in [1.82, 2.24) is 14.0 Å². The minimum absolute atomic E-state index is 0.166. The molecule has 1 unspecified atom stereocenters. The van der Waals surface area contributed by atoms with Gasteiger partial charge in [0.25, 0.3) is 5.69 Å². The molecule has 0 aliphatic carbocycles. The Bertz CT molecular complexity index is 1090. The Morgan fingerprint density at radius 1 is 1.37 bits per heavy atom. The molecule has 1 fully saturated rings. The second kappa shape index (κ2) is 8.75. The van der Waals surface area contributed by atoms with E-state index in [0.717, 1.165) is 22.0 Å². The summed E-state index contributed by atoms with van der Waals surface area (Å²) < 4.78 is 7.70.